The quantitative estimate of drug-likeness (QED) is 0.666. The Hall–Kier alpha value is -0.170. The molecule has 0 radical (unpaired) electrons. The molecule has 0 aromatic rings. The Kier molecular flexibility index (Phi) is 5.68. The smallest absolute Gasteiger partial charge is 0.213 e. The molecule has 1 aliphatic rings. The molecule has 1 aliphatic carbocycles. The summed E-state index contributed by atoms with van der Waals surface area (Å²) in [6, 6.07) is 0. The Labute approximate surface area is 97.2 Å². The maximum Gasteiger partial charge on any atom is 0.213 e. The lowest BCUT2D eigenvalue weighted by Gasteiger charge is -2.17. The number of aliphatic hydroxyl groups is 1. The molecule has 2 atom stereocenters. The topological polar surface area (TPSA) is 75.6 Å². The van der Waals surface area contributed by atoms with E-state index in [0.29, 0.717) is 6.54 Å². The van der Waals surface area contributed by atoms with Crippen LogP contribution in [0.2, 0.25) is 0 Å². The molecular weight excluding hydrogens is 230 g/mol. The van der Waals surface area contributed by atoms with Crippen molar-refractivity contribution in [1.29, 1.82) is 0 Å². The van der Waals surface area contributed by atoms with Crippen LogP contribution in [0.3, 0.4) is 0 Å². The second-order valence-corrected chi connectivity index (χ2v) is 6.22. The zero-order valence-corrected chi connectivity index (χ0v) is 10.5. The van der Waals surface area contributed by atoms with Crippen molar-refractivity contribution in [2.45, 2.75) is 19.3 Å². The Morgan fingerprint density at radius 2 is 2.06 bits per heavy atom. The van der Waals surface area contributed by atoms with Crippen molar-refractivity contribution >= 4 is 10.0 Å². The third-order valence-electron chi connectivity index (χ3n) is 3.17. The van der Waals surface area contributed by atoms with Crippen molar-refractivity contribution < 1.29 is 18.3 Å². The largest absolute Gasteiger partial charge is 0.396 e. The minimum Gasteiger partial charge on any atom is -0.396 e. The molecule has 1 fully saturated rings. The summed E-state index contributed by atoms with van der Waals surface area (Å²) in [5.74, 6) is 0.535. The molecule has 6 heteroatoms. The fourth-order valence-corrected chi connectivity index (χ4v) is 3.12. The number of nitrogens with one attached hydrogen (secondary N) is 1. The summed E-state index contributed by atoms with van der Waals surface area (Å²) in [5.41, 5.74) is 0. The predicted octanol–water partition coefficient (Wildman–Crippen LogP) is -0.0392. The normalized spacial score (nSPS) is 26.1. The number of hydrogen-bond acceptors (Lipinski definition) is 4. The molecule has 5 nitrogen and oxygen atoms in total. The maximum absolute atomic E-state index is 11.5. The lowest BCUT2D eigenvalue weighted by Crippen LogP contribution is -2.34. The summed E-state index contributed by atoms with van der Waals surface area (Å²) in [4.78, 5) is 0. The Balaban J connectivity index is 2.33. The van der Waals surface area contributed by atoms with Gasteiger partial charge in [0.1, 0.15) is 0 Å². The summed E-state index contributed by atoms with van der Waals surface area (Å²) in [6.07, 6.45) is 3.08. The zero-order chi connectivity index (χ0) is 12.0. The van der Waals surface area contributed by atoms with Gasteiger partial charge in [-0.3, -0.25) is 0 Å². The van der Waals surface area contributed by atoms with Crippen LogP contribution in [0, 0.1) is 11.8 Å². The minimum atomic E-state index is -3.22. The third kappa shape index (κ3) is 4.37. The summed E-state index contributed by atoms with van der Waals surface area (Å²) < 4.78 is 30.3. The van der Waals surface area contributed by atoms with Crippen LogP contribution >= 0.6 is 0 Å². The van der Waals surface area contributed by atoms with Crippen molar-refractivity contribution in [1.82, 2.24) is 4.72 Å². The number of aliphatic hydroxyl groups excluding tert-OH is 1. The third-order valence-corrected chi connectivity index (χ3v) is 4.48. The molecule has 2 unspecified atom stereocenters. The first-order valence-corrected chi connectivity index (χ1v) is 7.31. The van der Waals surface area contributed by atoms with Gasteiger partial charge in [-0.25, -0.2) is 13.1 Å². The molecular formula is C10H21NO4S. The van der Waals surface area contributed by atoms with Gasteiger partial charge >= 0.3 is 0 Å². The SMILES string of the molecule is COCCS(=O)(=O)NCC1CCCC1CO. The molecule has 0 amide bonds. The molecule has 0 spiro atoms. The molecule has 0 aromatic carbocycles. The van der Waals surface area contributed by atoms with Gasteiger partial charge < -0.3 is 9.84 Å². The van der Waals surface area contributed by atoms with E-state index in [0.717, 1.165) is 19.3 Å². The van der Waals surface area contributed by atoms with E-state index in [4.69, 9.17) is 9.84 Å². The monoisotopic (exact) mass is 251 g/mol. The highest BCUT2D eigenvalue weighted by molar-refractivity contribution is 7.89. The number of rotatable bonds is 7. The number of sulfonamides is 1. The molecule has 0 aromatic heterocycles. The van der Waals surface area contributed by atoms with E-state index < -0.39 is 10.0 Å². The second-order valence-electron chi connectivity index (χ2n) is 4.29. The van der Waals surface area contributed by atoms with Gasteiger partial charge in [-0.1, -0.05) is 6.42 Å². The Morgan fingerprint density at radius 3 is 2.69 bits per heavy atom. The summed E-state index contributed by atoms with van der Waals surface area (Å²) in [6.45, 7) is 0.811. The van der Waals surface area contributed by atoms with Gasteiger partial charge in [0.2, 0.25) is 10.0 Å². The van der Waals surface area contributed by atoms with E-state index >= 15 is 0 Å². The molecule has 0 aliphatic heterocycles. The van der Waals surface area contributed by atoms with E-state index in [1.165, 1.54) is 7.11 Å². The van der Waals surface area contributed by atoms with Gasteiger partial charge in [-0.15, -0.1) is 0 Å². The van der Waals surface area contributed by atoms with Gasteiger partial charge in [0.25, 0.3) is 0 Å². The van der Waals surface area contributed by atoms with Crippen molar-refractivity contribution in [2.24, 2.45) is 11.8 Å². The molecule has 1 saturated carbocycles. The van der Waals surface area contributed by atoms with Crippen LogP contribution in [0.1, 0.15) is 19.3 Å². The Bertz CT molecular complexity index is 291. The average Bonchev–Trinajstić information content (AvgIpc) is 2.71. The van der Waals surface area contributed by atoms with Crippen molar-refractivity contribution in [2.75, 3.05) is 32.6 Å². The first-order valence-electron chi connectivity index (χ1n) is 5.66. The first kappa shape index (κ1) is 13.9. The standard InChI is InChI=1S/C10H21NO4S/c1-15-5-6-16(13,14)11-7-9-3-2-4-10(9)8-12/h9-12H,2-8H2,1H3. The van der Waals surface area contributed by atoms with E-state index in [1.54, 1.807) is 0 Å². The lowest BCUT2D eigenvalue weighted by atomic mass is 9.97. The molecule has 96 valence electrons. The zero-order valence-electron chi connectivity index (χ0n) is 9.68. The molecule has 0 heterocycles. The number of hydrogen-bond donors (Lipinski definition) is 2. The molecule has 2 N–H and O–H groups in total. The van der Waals surface area contributed by atoms with E-state index in [9.17, 15) is 8.42 Å². The number of ether oxygens (including phenoxy) is 1. The van der Waals surface area contributed by atoms with Crippen LogP contribution in [0.15, 0.2) is 0 Å². The van der Waals surface area contributed by atoms with Crippen molar-refractivity contribution in [3.8, 4) is 0 Å². The highest BCUT2D eigenvalue weighted by Crippen LogP contribution is 2.30. The predicted molar refractivity (Wildman–Crippen MR) is 61.6 cm³/mol. The van der Waals surface area contributed by atoms with Crippen LogP contribution in [0.5, 0.6) is 0 Å². The molecule has 0 saturated heterocycles. The van der Waals surface area contributed by atoms with E-state index in [-0.39, 0.29) is 30.8 Å². The maximum atomic E-state index is 11.5. The summed E-state index contributed by atoms with van der Waals surface area (Å²) in [7, 11) is -1.74. The first-order chi connectivity index (χ1) is 7.59. The lowest BCUT2D eigenvalue weighted by molar-refractivity contribution is 0.195. The Morgan fingerprint density at radius 1 is 1.38 bits per heavy atom. The fourth-order valence-electron chi connectivity index (χ4n) is 2.12. The van der Waals surface area contributed by atoms with Gasteiger partial charge in [0.05, 0.1) is 12.4 Å². The van der Waals surface area contributed by atoms with Gasteiger partial charge in [0, 0.05) is 20.3 Å². The fraction of sp³-hybridized carbons (Fsp3) is 1.00. The molecule has 0 bridgehead atoms. The van der Waals surface area contributed by atoms with Crippen LogP contribution in [-0.4, -0.2) is 46.1 Å². The number of methoxy groups -OCH3 is 1. The van der Waals surface area contributed by atoms with E-state index in [1.807, 2.05) is 0 Å². The van der Waals surface area contributed by atoms with Crippen LogP contribution in [0.25, 0.3) is 0 Å². The average molecular weight is 251 g/mol. The summed E-state index contributed by atoms with van der Waals surface area (Å²) in [5, 5.41) is 9.11. The van der Waals surface area contributed by atoms with Crippen LogP contribution < -0.4 is 4.72 Å². The van der Waals surface area contributed by atoms with Crippen LogP contribution in [0.4, 0.5) is 0 Å². The van der Waals surface area contributed by atoms with Gasteiger partial charge in [0.15, 0.2) is 0 Å². The molecule has 16 heavy (non-hydrogen) atoms. The van der Waals surface area contributed by atoms with Gasteiger partial charge in [-0.2, -0.15) is 0 Å². The second kappa shape index (κ2) is 6.54. The molecule has 1 rings (SSSR count). The minimum absolute atomic E-state index is 0.0000116. The van der Waals surface area contributed by atoms with Crippen LogP contribution in [-0.2, 0) is 14.8 Å². The van der Waals surface area contributed by atoms with Crippen molar-refractivity contribution in [3.63, 3.8) is 0 Å². The van der Waals surface area contributed by atoms with E-state index in [2.05, 4.69) is 4.72 Å². The highest BCUT2D eigenvalue weighted by atomic mass is 32.2. The summed E-state index contributed by atoms with van der Waals surface area (Å²) >= 11 is 0. The highest BCUT2D eigenvalue weighted by Gasteiger charge is 2.27. The van der Waals surface area contributed by atoms with Crippen molar-refractivity contribution in [3.05, 3.63) is 0 Å². The van der Waals surface area contributed by atoms with Gasteiger partial charge in [-0.05, 0) is 24.7 Å².